The highest BCUT2D eigenvalue weighted by molar-refractivity contribution is 6.30. The van der Waals surface area contributed by atoms with Crippen LogP contribution in [0.1, 0.15) is 37.7 Å². The first-order chi connectivity index (χ1) is 14.4. The first-order valence-electron chi connectivity index (χ1n) is 9.76. The summed E-state index contributed by atoms with van der Waals surface area (Å²) in [5.41, 5.74) is 0.886. The SMILES string of the molecule is O=C(Nc1ccc(Cl)cc1)/C(=C/c1cccc([N+](=O)[O-])c1)NC(=O)C1CCCCC1. The molecule has 156 valence electrons. The summed E-state index contributed by atoms with van der Waals surface area (Å²) in [6.07, 6.45) is 6.09. The molecule has 0 unspecified atom stereocenters. The predicted octanol–water partition coefficient (Wildman–Crippen LogP) is 4.92. The van der Waals surface area contributed by atoms with E-state index in [2.05, 4.69) is 10.6 Å². The molecule has 0 bridgehead atoms. The molecule has 0 aromatic heterocycles. The van der Waals surface area contributed by atoms with Crippen molar-refractivity contribution in [2.75, 3.05) is 5.32 Å². The minimum absolute atomic E-state index is 0.0287. The van der Waals surface area contributed by atoms with Gasteiger partial charge in [0.25, 0.3) is 11.6 Å². The normalized spacial score (nSPS) is 14.8. The topological polar surface area (TPSA) is 101 Å². The summed E-state index contributed by atoms with van der Waals surface area (Å²) in [6, 6.07) is 12.5. The molecular formula is C22H22ClN3O4. The van der Waals surface area contributed by atoms with E-state index in [-0.39, 0.29) is 23.2 Å². The maximum atomic E-state index is 12.9. The molecule has 1 aliphatic rings. The maximum Gasteiger partial charge on any atom is 0.272 e. The summed E-state index contributed by atoms with van der Waals surface area (Å²) >= 11 is 5.88. The van der Waals surface area contributed by atoms with Gasteiger partial charge in [0, 0.05) is 28.8 Å². The van der Waals surface area contributed by atoms with Crippen LogP contribution in [0, 0.1) is 16.0 Å². The smallest absolute Gasteiger partial charge is 0.272 e. The molecule has 2 N–H and O–H groups in total. The molecule has 0 saturated heterocycles. The van der Waals surface area contributed by atoms with Gasteiger partial charge in [0.15, 0.2) is 0 Å². The Balaban J connectivity index is 1.85. The molecule has 7 nitrogen and oxygen atoms in total. The number of hydrogen-bond donors (Lipinski definition) is 2. The molecule has 1 aliphatic carbocycles. The van der Waals surface area contributed by atoms with E-state index in [1.165, 1.54) is 24.3 Å². The number of carbonyl (C=O) groups excluding carboxylic acids is 2. The molecular weight excluding hydrogens is 406 g/mol. The van der Waals surface area contributed by atoms with E-state index in [9.17, 15) is 19.7 Å². The minimum Gasteiger partial charge on any atom is -0.321 e. The van der Waals surface area contributed by atoms with Gasteiger partial charge in [0.05, 0.1) is 4.92 Å². The number of amides is 2. The van der Waals surface area contributed by atoms with E-state index in [1.807, 2.05) is 0 Å². The molecule has 0 spiro atoms. The summed E-state index contributed by atoms with van der Waals surface area (Å²) in [7, 11) is 0. The van der Waals surface area contributed by atoms with Gasteiger partial charge < -0.3 is 10.6 Å². The quantitative estimate of drug-likeness (QED) is 0.388. The largest absolute Gasteiger partial charge is 0.321 e. The van der Waals surface area contributed by atoms with Gasteiger partial charge in [-0.05, 0) is 48.7 Å². The Bertz CT molecular complexity index is 967. The third kappa shape index (κ3) is 5.90. The van der Waals surface area contributed by atoms with Crippen LogP contribution in [-0.2, 0) is 9.59 Å². The highest BCUT2D eigenvalue weighted by Gasteiger charge is 2.23. The van der Waals surface area contributed by atoms with E-state index in [0.29, 0.717) is 16.3 Å². The number of halogens is 1. The molecule has 0 aliphatic heterocycles. The van der Waals surface area contributed by atoms with Crippen LogP contribution in [0.2, 0.25) is 5.02 Å². The highest BCUT2D eigenvalue weighted by atomic mass is 35.5. The average molecular weight is 428 g/mol. The third-order valence-corrected chi connectivity index (χ3v) is 5.22. The molecule has 2 amide bonds. The minimum atomic E-state index is -0.520. The van der Waals surface area contributed by atoms with E-state index < -0.39 is 10.8 Å². The van der Waals surface area contributed by atoms with Gasteiger partial charge in [-0.25, -0.2) is 0 Å². The van der Waals surface area contributed by atoms with Crippen molar-refractivity contribution >= 4 is 40.9 Å². The lowest BCUT2D eigenvalue weighted by molar-refractivity contribution is -0.384. The van der Waals surface area contributed by atoms with Crippen molar-refractivity contribution in [2.45, 2.75) is 32.1 Å². The number of nitrogens with one attached hydrogen (secondary N) is 2. The Morgan fingerprint density at radius 1 is 1.07 bits per heavy atom. The fourth-order valence-corrected chi connectivity index (χ4v) is 3.51. The number of benzene rings is 2. The number of nitro groups is 1. The van der Waals surface area contributed by atoms with Crippen molar-refractivity contribution in [2.24, 2.45) is 5.92 Å². The molecule has 0 radical (unpaired) electrons. The van der Waals surface area contributed by atoms with Crippen molar-refractivity contribution < 1.29 is 14.5 Å². The number of nitro benzene ring substituents is 1. The monoisotopic (exact) mass is 427 g/mol. The summed E-state index contributed by atoms with van der Waals surface area (Å²) in [4.78, 5) is 36.1. The Kier molecular flexibility index (Phi) is 7.19. The van der Waals surface area contributed by atoms with Crippen LogP contribution in [-0.4, -0.2) is 16.7 Å². The van der Waals surface area contributed by atoms with Crippen LogP contribution in [0.25, 0.3) is 6.08 Å². The lowest BCUT2D eigenvalue weighted by Crippen LogP contribution is -2.35. The Morgan fingerprint density at radius 2 is 1.77 bits per heavy atom. The summed E-state index contributed by atoms with van der Waals surface area (Å²) in [5.74, 6) is -0.874. The van der Waals surface area contributed by atoms with E-state index in [0.717, 1.165) is 32.1 Å². The molecule has 0 atom stereocenters. The Morgan fingerprint density at radius 3 is 2.43 bits per heavy atom. The van der Waals surface area contributed by atoms with Crippen LogP contribution in [0.5, 0.6) is 0 Å². The fraction of sp³-hybridized carbons (Fsp3) is 0.273. The number of nitrogens with zero attached hydrogens (tertiary/aromatic N) is 1. The molecule has 1 fully saturated rings. The first kappa shape index (κ1) is 21.5. The van der Waals surface area contributed by atoms with Crippen molar-refractivity contribution in [3.05, 3.63) is 74.9 Å². The zero-order valence-corrected chi connectivity index (χ0v) is 17.0. The first-order valence-corrected chi connectivity index (χ1v) is 10.1. The van der Waals surface area contributed by atoms with E-state index in [1.54, 1.807) is 30.3 Å². The number of anilines is 1. The van der Waals surface area contributed by atoms with Crippen LogP contribution >= 0.6 is 11.6 Å². The zero-order valence-electron chi connectivity index (χ0n) is 16.3. The molecule has 1 saturated carbocycles. The van der Waals surface area contributed by atoms with Gasteiger partial charge in [0.1, 0.15) is 5.70 Å². The van der Waals surface area contributed by atoms with Crippen LogP contribution in [0.4, 0.5) is 11.4 Å². The third-order valence-electron chi connectivity index (χ3n) is 4.97. The van der Waals surface area contributed by atoms with Crippen LogP contribution in [0.15, 0.2) is 54.2 Å². The van der Waals surface area contributed by atoms with Gasteiger partial charge in [-0.15, -0.1) is 0 Å². The number of carbonyl (C=O) groups is 2. The average Bonchev–Trinajstić information content (AvgIpc) is 2.75. The Hall–Kier alpha value is -3.19. The number of non-ortho nitro benzene ring substituents is 1. The van der Waals surface area contributed by atoms with Gasteiger partial charge in [-0.3, -0.25) is 19.7 Å². The second kappa shape index (κ2) is 10.0. The van der Waals surface area contributed by atoms with Gasteiger partial charge in [-0.2, -0.15) is 0 Å². The van der Waals surface area contributed by atoms with Gasteiger partial charge in [-0.1, -0.05) is 43.0 Å². The fourth-order valence-electron chi connectivity index (χ4n) is 3.38. The van der Waals surface area contributed by atoms with Crippen molar-refractivity contribution in [1.82, 2.24) is 5.32 Å². The standard InChI is InChI=1S/C22H22ClN3O4/c23-17-9-11-18(12-10-17)24-22(28)20(25-21(27)16-6-2-1-3-7-16)14-15-5-4-8-19(13-15)26(29)30/h4-5,8-14,16H,1-3,6-7H2,(H,24,28)(H,25,27)/b20-14-. The Labute approximate surface area is 179 Å². The second-order valence-electron chi connectivity index (χ2n) is 7.20. The second-order valence-corrected chi connectivity index (χ2v) is 7.63. The van der Waals surface area contributed by atoms with Crippen molar-refractivity contribution in [3.63, 3.8) is 0 Å². The summed E-state index contributed by atoms with van der Waals surface area (Å²) in [6.45, 7) is 0. The van der Waals surface area contributed by atoms with Crippen molar-refractivity contribution in [3.8, 4) is 0 Å². The molecule has 3 rings (SSSR count). The molecule has 2 aromatic rings. The summed E-state index contributed by atoms with van der Waals surface area (Å²) < 4.78 is 0. The lowest BCUT2D eigenvalue weighted by Gasteiger charge is -2.21. The van der Waals surface area contributed by atoms with Crippen LogP contribution in [0.3, 0.4) is 0 Å². The van der Waals surface area contributed by atoms with Gasteiger partial charge >= 0.3 is 0 Å². The van der Waals surface area contributed by atoms with Crippen LogP contribution < -0.4 is 10.6 Å². The molecule has 30 heavy (non-hydrogen) atoms. The highest BCUT2D eigenvalue weighted by Crippen LogP contribution is 2.24. The van der Waals surface area contributed by atoms with E-state index in [4.69, 9.17) is 11.6 Å². The van der Waals surface area contributed by atoms with E-state index >= 15 is 0 Å². The number of hydrogen-bond acceptors (Lipinski definition) is 4. The maximum absolute atomic E-state index is 12.9. The molecule has 0 heterocycles. The van der Waals surface area contributed by atoms with Crippen molar-refractivity contribution in [1.29, 1.82) is 0 Å². The number of rotatable bonds is 6. The molecule has 8 heteroatoms. The molecule has 2 aromatic carbocycles. The lowest BCUT2D eigenvalue weighted by atomic mass is 9.88. The predicted molar refractivity (Wildman–Crippen MR) is 116 cm³/mol. The van der Waals surface area contributed by atoms with Gasteiger partial charge in [0.2, 0.25) is 5.91 Å². The zero-order chi connectivity index (χ0) is 21.5. The summed E-state index contributed by atoms with van der Waals surface area (Å²) in [5, 5.41) is 17.0.